The monoisotopic (exact) mass is 317 g/mol. The van der Waals surface area contributed by atoms with Crippen LogP contribution in [-0.4, -0.2) is 16.3 Å². The van der Waals surface area contributed by atoms with Gasteiger partial charge in [0.2, 0.25) is 0 Å². The SMILES string of the molecule is CCCNC(c1scc(C)c1Cl)c1c(Cl)cnn1C. The van der Waals surface area contributed by atoms with Crippen molar-refractivity contribution in [3.8, 4) is 0 Å². The quantitative estimate of drug-likeness (QED) is 0.896. The van der Waals surface area contributed by atoms with E-state index in [9.17, 15) is 0 Å². The molecule has 0 aliphatic carbocycles. The van der Waals surface area contributed by atoms with Crippen LogP contribution in [0, 0.1) is 6.92 Å². The lowest BCUT2D eigenvalue weighted by atomic mass is 10.1. The summed E-state index contributed by atoms with van der Waals surface area (Å²) in [5.41, 5.74) is 2.06. The lowest BCUT2D eigenvalue weighted by Gasteiger charge is -2.19. The molecule has 0 aliphatic rings. The standard InChI is InChI=1S/C13H17Cl2N3S/c1-4-5-16-11(12-9(14)6-17-18(12)3)13-10(15)8(2)7-19-13/h6-7,11,16H,4-5H2,1-3H3. The van der Waals surface area contributed by atoms with E-state index in [0.29, 0.717) is 5.02 Å². The summed E-state index contributed by atoms with van der Waals surface area (Å²) in [7, 11) is 1.90. The Morgan fingerprint density at radius 2 is 2.21 bits per heavy atom. The first-order valence-electron chi connectivity index (χ1n) is 6.20. The molecule has 2 heterocycles. The van der Waals surface area contributed by atoms with Crippen molar-refractivity contribution in [2.75, 3.05) is 6.54 Å². The molecule has 0 saturated heterocycles. The minimum Gasteiger partial charge on any atom is -0.304 e. The molecule has 0 spiro atoms. The maximum absolute atomic E-state index is 6.40. The van der Waals surface area contributed by atoms with Gasteiger partial charge in [0, 0.05) is 11.9 Å². The third-order valence-electron chi connectivity index (χ3n) is 3.00. The molecule has 0 saturated carbocycles. The van der Waals surface area contributed by atoms with E-state index in [-0.39, 0.29) is 6.04 Å². The van der Waals surface area contributed by atoms with E-state index in [4.69, 9.17) is 23.2 Å². The van der Waals surface area contributed by atoms with Gasteiger partial charge in [0.1, 0.15) is 0 Å². The number of halogens is 2. The van der Waals surface area contributed by atoms with Gasteiger partial charge in [-0.15, -0.1) is 11.3 Å². The summed E-state index contributed by atoms with van der Waals surface area (Å²) in [6.07, 6.45) is 2.72. The molecule has 0 radical (unpaired) electrons. The van der Waals surface area contributed by atoms with Crippen molar-refractivity contribution in [2.24, 2.45) is 7.05 Å². The highest BCUT2D eigenvalue weighted by Gasteiger charge is 2.24. The fourth-order valence-electron chi connectivity index (χ4n) is 1.99. The van der Waals surface area contributed by atoms with Gasteiger partial charge < -0.3 is 5.32 Å². The molecule has 0 bridgehead atoms. The number of aryl methyl sites for hydroxylation is 2. The van der Waals surface area contributed by atoms with Crippen LogP contribution in [0.3, 0.4) is 0 Å². The summed E-state index contributed by atoms with van der Waals surface area (Å²) in [4.78, 5) is 1.10. The molecule has 1 N–H and O–H groups in total. The zero-order valence-electron chi connectivity index (χ0n) is 11.2. The van der Waals surface area contributed by atoms with E-state index < -0.39 is 0 Å². The normalized spacial score (nSPS) is 12.9. The Hall–Kier alpha value is -0.550. The van der Waals surface area contributed by atoms with Crippen molar-refractivity contribution in [1.82, 2.24) is 15.1 Å². The number of hydrogen-bond acceptors (Lipinski definition) is 3. The van der Waals surface area contributed by atoms with Gasteiger partial charge >= 0.3 is 0 Å². The lowest BCUT2D eigenvalue weighted by Crippen LogP contribution is -2.25. The number of nitrogens with zero attached hydrogens (tertiary/aromatic N) is 2. The van der Waals surface area contributed by atoms with Crippen LogP contribution < -0.4 is 5.32 Å². The molecular formula is C13H17Cl2N3S. The average Bonchev–Trinajstić information content (AvgIpc) is 2.88. The van der Waals surface area contributed by atoms with Crippen LogP contribution in [0.5, 0.6) is 0 Å². The zero-order chi connectivity index (χ0) is 14.0. The molecule has 2 rings (SSSR count). The second-order valence-electron chi connectivity index (χ2n) is 4.49. The highest BCUT2D eigenvalue weighted by Crippen LogP contribution is 2.37. The second-order valence-corrected chi connectivity index (χ2v) is 6.18. The zero-order valence-corrected chi connectivity index (χ0v) is 13.5. The van der Waals surface area contributed by atoms with Gasteiger partial charge in [-0.05, 0) is 30.8 Å². The van der Waals surface area contributed by atoms with Crippen LogP contribution in [0.1, 0.15) is 35.5 Å². The van der Waals surface area contributed by atoms with Crippen molar-refractivity contribution in [3.63, 3.8) is 0 Å². The molecule has 104 valence electrons. The third kappa shape index (κ3) is 2.97. The summed E-state index contributed by atoms with van der Waals surface area (Å²) in [5.74, 6) is 0. The molecular weight excluding hydrogens is 301 g/mol. The molecule has 0 amide bonds. The molecule has 3 nitrogen and oxygen atoms in total. The van der Waals surface area contributed by atoms with Gasteiger partial charge in [-0.3, -0.25) is 4.68 Å². The van der Waals surface area contributed by atoms with Crippen molar-refractivity contribution in [2.45, 2.75) is 26.3 Å². The van der Waals surface area contributed by atoms with Crippen LogP contribution >= 0.6 is 34.5 Å². The maximum atomic E-state index is 6.40. The summed E-state index contributed by atoms with van der Waals surface area (Å²) in [6.45, 7) is 5.06. The highest BCUT2D eigenvalue weighted by molar-refractivity contribution is 7.10. The summed E-state index contributed by atoms with van der Waals surface area (Å²) >= 11 is 14.3. The fraction of sp³-hybridized carbons (Fsp3) is 0.462. The van der Waals surface area contributed by atoms with Crippen molar-refractivity contribution >= 4 is 34.5 Å². The van der Waals surface area contributed by atoms with Gasteiger partial charge in [-0.2, -0.15) is 5.10 Å². The van der Waals surface area contributed by atoms with Crippen molar-refractivity contribution < 1.29 is 0 Å². The van der Waals surface area contributed by atoms with Gasteiger partial charge in [-0.25, -0.2) is 0 Å². The number of aromatic nitrogens is 2. The first-order chi connectivity index (χ1) is 9.06. The van der Waals surface area contributed by atoms with Crippen molar-refractivity contribution in [1.29, 1.82) is 0 Å². The molecule has 1 atom stereocenters. The van der Waals surface area contributed by atoms with Gasteiger partial charge in [0.25, 0.3) is 0 Å². The molecule has 2 aromatic rings. The molecule has 2 aromatic heterocycles. The topological polar surface area (TPSA) is 29.9 Å². The number of thiophene rings is 1. The van der Waals surface area contributed by atoms with E-state index in [1.54, 1.807) is 22.2 Å². The predicted octanol–water partition coefficient (Wildman–Crippen LogP) is 4.19. The number of nitrogens with one attached hydrogen (secondary N) is 1. The first kappa shape index (κ1) is 14.9. The molecule has 1 unspecified atom stereocenters. The van der Waals surface area contributed by atoms with Crippen LogP contribution in [0.2, 0.25) is 10.0 Å². The molecule has 0 aliphatic heterocycles. The van der Waals surface area contributed by atoms with Gasteiger partial charge in [0.15, 0.2) is 0 Å². The van der Waals surface area contributed by atoms with Crippen molar-refractivity contribution in [3.05, 3.63) is 37.8 Å². The Kier molecular flexibility index (Phi) is 4.90. The van der Waals surface area contributed by atoms with E-state index in [2.05, 4.69) is 22.7 Å². The molecule has 19 heavy (non-hydrogen) atoms. The van der Waals surface area contributed by atoms with Crippen LogP contribution in [-0.2, 0) is 7.05 Å². The van der Waals surface area contributed by atoms with Gasteiger partial charge in [-0.1, -0.05) is 30.1 Å². The Balaban J connectivity index is 2.44. The Bertz CT molecular complexity index is 543. The minimum atomic E-state index is -0.00819. The lowest BCUT2D eigenvalue weighted by molar-refractivity contribution is 0.560. The molecule has 6 heteroatoms. The maximum Gasteiger partial charge on any atom is 0.0872 e. The largest absolute Gasteiger partial charge is 0.304 e. The van der Waals surface area contributed by atoms with E-state index >= 15 is 0 Å². The van der Waals surface area contributed by atoms with E-state index in [0.717, 1.165) is 34.1 Å². The second kappa shape index (κ2) is 6.27. The number of rotatable bonds is 5. The fourth-order valence-corrected chi connectivity index (χ4v) is 3.65. The predicted molar refractivity (Wildman–Crippen MR) is 82.4 cm³/mol. The summed E-state index contributed by atoms with van der Waals surface area (Å²) in [5, 5.41) is 11.3. The molecule has 0 aromatic carbocycles. The Morgan fingerprint density at radius 1 is 1.47 bits per heavy atom. The average molecular weight is 318 g/mol. The highest BCUT2D eigenvalue weighted by atomic mass is 35.5. The van der Waals surface area contributed by atoms with Crippen LogP contribution in [0.25, 0.3) is 0 Å². The third-order valence-corrected chi connectivity index (χ3v) is 5.07. The summed E-state index contributed by atoms with van der Waals surface area (Å²) < 4.78 is 1.81. The Morgan fingerprint density at radius 3 is 2.68 bits per heavy atom. The molecule has 0 fully saturated rings. The number of hydrogen-bond donors (Lipinski definition) is 1. The first-order valence-corrected chi connectivity index (χ1v) is 7.84. The van der Waals surface area contributed by atoms with E-state index in [1.165, 1.54) is 0 Å². The van der Waals surface area contributed by atoms with Crippen LogP contribution in [0.4, 0.5) is 0 Å². The van der Waals surface area contributed by atoms with Gasteiger partial charge in [0.05, 0.1) is 28.0 Å². The van der Waals surface area contributed by atoms with E-state index in [1.807, 2.05) is 14.0 Å². The summed E-state index contributed by atoms with van der Waals surface area (Å²) in [6, 6.07) is -0.00819. The minimum absolute atomic E-state index is 0.00819. The van der Waals surface area contributed by atoms with Crippen LogP contribution in [0.15, 0.2) is 11.6 Å². The smallest absolute Gasteiger partial charge is 0.0872 e. The Labute approximate surface area is 127 Å².